The number of nitrogens with two attached hydrogens (primary N) is 1. The van der Waals surface area contributed by atoms with E-state index >= 15 is 0 Å². The summed E-state index contributed by atoms with van der Waals surface area (Å²) in [6.45, 7) is 7.90. The van der Waals surface area contributed by atoms with Crippen LogP contribution in [0.25, 0.3) is 0 Å². The Balaban J connectivity index is 2.60. The van der Waals surface area contributed by atoms with E-state index in [-0.39, 0.29) is 23.9 Å². The Morgan fingerprint density at radius 1 is 1.29 bits per heavy atom. The third-order valence-corrected chi connectivity index (χ3v) is 2.50. The summed E-state index contributed by atoms with van der Waals surface area (Å²) in [4.78, 5) is 23.6. The van der Waals surface area contributed by atoms with Crippen molar-refractivity contribution in [2.45, 2.75) is 33.2 Å². The highest BCUT2D eigenvalue weighted by Gasteiger charge is 2.15. The van der Waals surface area contributed by atoms with Crippen LogP contribution in [-0.4, -0.2) is 30.5 Å². The summed E-state index contributed by atoms with van der Waals surface area (Å²) in [5.41, 5.74) is 6.25. The minimum Gasteiger partial charge on any atom is -0.492 e. The van der Waals surface area contributed by atoms with E-state index in [9.17, 15) is 9.59 Å². The maximum Gasteiger partial charge on any atom is 0.251 e. The molecule has 1 aromatic carbocycles. The number of nitrogen functional groups attached to an aromatic ring is 1. The van der Waals surface area contributed by atoms with Crippen LogP contribution in [0.15, 0.2) is 18.2 Å². The van der Waals surface area contributed by atoms with E-state index in [1.54, 1.807) is 12.1 Å². The Kier molecular flexibility index (Phi) is 5.58. The second kappa shape index (κ2) is 6.97. The molecule has 0 heterocycles. The Hall–Kier alpha value is -2.24. The van der Waals surface area contributed by atoms with Gasteiger partial charge in [-0.05, 0) is 45.9 Å². The molecule has 0 aliphatic carbocycles. The number of anilines is 1. The van der Waals surface area contributed by atoms with Gasteiger partial charge in [-0.25, -0.2) is 0 Å². The highest BCUT2D eigenvalue weighted by molar-refractivity contribution is 5.97. The molecule has 0 saturated heterocycles. The van der Waals surface area contributed by atoms with Gasteiger partial charge in [-0.2, -0.15) is 0 Å². The molecule has 6 nitrogen and oxygen atoms in total. The van der Waals surface area contributed by atoms with Crippen molar-refractivity contribution in [2.24, 2.45) is 0 Å². The molecule has 2 amide bonds. The van der Waals surface area contributed by atoms with Crippen LogP contribution >= 0.6 is 0 Å². The summed E-state index contributed by atoms with van der Waals surface area (Å²) in [6.07, 6.45) is 0. The zero-order chi connectivity index (χ0) is 16.0. The van der Waals surface area contributed by atoms with E-state index in [0.29, 0.717) is 23.6 Å². The molecule has 0 aliphatic heterocycles. The van der Waals surface area contributed by atoms with Crippen LogP contribution in [0.5, 0.6) is 5.75 Å². The number of hydrogen-bond donors (Lipinski definition) is 3. The van der Waals surface area contributed by atoms with E-state index in [4.69, 9.17) is 10.5 Å². The minimum absolute atomic E-state index is 0.0801. The average molecular weight is 293 g/mol. The van der Waals surface area contributed by atoms with E-state index in [1.165, 1.54) is 6.07 Å². The van der Waals surface area contributed by atoms with Crippen molar-refractivity contribution in [3.8, 4) is 5.75 Å². The third-order valence-electron chi connectivity index (χ3n) is 2.50. The molecule has 21 heavy (non-hydrogen) atoms. The molecule has 116 valence electrons. The Bertz CT molecular complexity index is 521. The van der Waals surface area contributed by atoms with Crippen LogP contribution in [0.1, 0.15) is 38.1 Å². The van der Waals surface area contributed by atoms with Crippen molar-refractivity contribution in [1.82, 2.24) is 10.6 Å². The van der Waals surface area contributed by atoms with Gasteiger partial charge in [0.25, 0.3) is 5.91 Å². The van der Waals surface area contributed by atoms with Gasteiger partial charge in [0.05, 0.1) is 18.8 Å². The summed E-state index contributed by atoms with van der Waals surface area (Å²) in [5, 5.41) is 5.32. The molecule has 0 saturated carbocycles. The highest BCUT2D eigenvalue weighted by atomic mass is 16.5. The lowest BCUT2D eigenvalue weighted by atomic mass is 10.1. The first-order chi connectivity index (χ1) is 9.73. The average Bonchev–Trinajstić information content (AvgIpc) is 2.36. The summed E-state index contributed by atoms with van der Waals surface area (Å²) < 4.78 is 5.30. The van der Waals surface area contributed by atoms with Gasteiger partial charge in [-0.1, -0.05) is 0 Å². The lowest BCUT2D eigenvalue weighted by Gasteiger charge is -2.20. The monoisotopic (exact) mass is 293 g/mol. The first-order valence-corrected chi connectivity index (χ1v) is 6.84. The molecule has 0 spiro atoms. The number of rotatable bonds is 5. The normalized spacial score (nSPS) is 10.9. The largest absolute Gasteiger partial charge is 0.492 e. The molecule has 0 bridgehead atoms. The van der Waals surface area contributed by atoms with Gasteiger partial charge in [0.2, 0.25) is 5.91 Å². The van der Waals surface area contributed by atoms with Gasteiger partial charge in [-0.15, -0.1) is 0 Å². The van der Waals surface area contributed by atoms with Crippen molar-refractivity contribution in [1.29, 1.82) is 0 Å². The highest BCUT2D eigenvalue weighted by Crippen LogP contribution is 2.22. The van der Waals surface area contributed by atoms with Crippen LogP contribution in [0.2, 0.25) is 0 Å². The fraction of sp³-hybridized carbons (Fsp3) is 0.467. The molecular formula is C15H23N3O3. The molecule has 0 aliphatic rings. The predicted molar refractivity (Wildman–Crippen MR) is 82.3 cm³/mol. The Labute approximate surface area is 125 Å². The number of benzene rings is 1. The summed E-state index contributed by atoms with van der Waals surface area (Å²) in [7, 11) is 0. The predicted octanol–water partition coefficient (Wildman–Crippen LogP) is 1.31. The molecule has 0 fully saturated rings. The number of ether oxygens (including phenoxy) is 1. The fourth-order valence-corrected chi connectivity index (χ4v) is 1.70. The van der Waals surface area contributed by atoms with E-state index in [0.717, 1.165) is 0 Å². The van der Waals surface area contributed by atoms with Crippen molar-refractivity contribution < 1.29 is 14.3 Å². The van der Waals surface area contributed by atoms with Crippen LogP contribution in [-0.2, 0) is 4.79 Å². The Morgan fingerprint density at radius 3 is 2.48 bits per heavy atom. The molecule has 0 atom stereocenters. The number of nitrogens with one attached hydrogen (secondary N) is 2. The second-order valence-corrected chi connectivity index (χ2v) is 5.67. The minimum atomic E-state index is -0.353. The van der Waals surface area contributed by atoms with E-state index in [2.05, 4.69) is 10.6 Å². The summed E-state index contributed by atoms with van der Waals surface area (Å²) in [5.74, 6) is -0.0527. The number of carbonyl (C=O) groups excluding carboxylic acids is 2. The van der Waals surface area contributed by atoms with Crippen LogP contribution in [0.4, 0.5) is 5.69 Å². The van der Waals surface area contributed by atoms with Crippen molar-refractivity contribution in [2.75, 3.05) is 18.9 Å². The van der Waals surface area contributed by atoms with Crippen molar-refractivity contribution in [3.05, 3.63) is 23.8 Å². The molecule has 4 N–H and O–H groups in total. The first kappa shape index (κ1) is 16.8. The standard InChI is InChI=1S/C15H23N3O3/c1-5-21-12-7-6-10(8-11(12)16)14(20)17-9-13(19)18-15(2,3)4/h6-8H,5,9,16H2,1-4H3,(H,17,20)(H,18,19). The molecule has 1 rings (SSSR count). The van der Waals surface area contributed by atoms with Crippen LogP contribution < -0.4 is 21.1 Å². The second-order valence-electron chi connectivity index (χ2n) is 5.67. The molecule has 0 aromatic heterocycles. The quantitative estimate of drug-likeness (QED) is 0.714. The Morgan fingerprint density at radius 2 is 1.95 bits per heavy atom. The summed E-state index contributed by atoms with van der Waals surface area (Å²) in [6, 6.07) is 4.78. The SMILES string of the molecule is CCOc1ccc(C(=O)NCC(=O)NC(C)(C)C)cc1N. The van der Waals surface area contributed by atoms with Crippen LogP contribution in [0.3, 0.4) is 0 Å². The fourth-order valence-electron chi connectivity index (χ4n) is 1.70. The van der Waals surface area contributed by atoms with Crippen molar-refractivity contribution in [3.63, 3.8) is 0 Å². The maximum atomic E-state index is 11.9. The van der Waals surface area contributed by atoms with Gasteiger partial charge >= 0.3 is 0 Å². The van der Waals surface area contributed by atoms with Gasteiger partial charge in [-0.3, -0.25) is 9.59 Å². The van der Waals surface area contributed by atoms with Crippen molar-refractivity contribution >= 4 is 17.5 Å². The smallest absolute Gasteiger partial charge is 0.251 e. The third kappa shape index (κ3) is 5.72. The van der Waals surface area contributed by atoms with Crippen LogP contribution in [0, 0.1) is 0 Å². The molecule has 0 unspecified atom stereocenters. The number of amides is 2. The van der Waals surface area contributed by atoms with Gasteiger partial charge in [0.15, 0.2) is 0 Å². The topological polar surface area (TPSA) is 93.4 Å². The first-order valence-electron chi connectivity index (χ1n) is 6.84. The maximum absolute atomic E-state index is 11.9. The molecule has 1 aromatic rings. The molecule has 0 radical (unpaired) electrons. The van der Waals surface area contributed by atoms with E-state index in [1.807, 2.05) is 27.7 Å². The van der Waals surface area contributed by atoms with E-state index < -0.39 is 0 Å². The lowest BCUT2D eigenvalue weighted by molar-refractivity contribution is -0.121. The van der Waals surface area contributed by atoms with Gasteiger partial charge in [0, 0.05) is 11.1 Å². The van der Waals surface area contributed by atoms with Gasteiger partial charge < -0.3 is 21.1 Å². The molecule has 6 heteroatoms. The number of carbonyl (C=O) groups is 2. The zero-order valence-corrected chi connectivity index (χ0v) is 12.9. The van der Waals surface area contributed by atoms with Gasteiger partial charge in [0.1, 0.15) is 5.75 Å². The number of hydrogen-bond acceptors (Lipinski definition) is 4. The zero-order valence-electron chi connectivity index (χ0n) is 12.9. The summed E-state index contributed by atoms with van der Waals surface area (Å²) >= 11 is 0. The lowest BCUT2D eigenvalue weighted by Crippen LogP contribution is -2.45. The molecular weight excluding hydrogens is 270 g/mol.